The van der Waals surface area contributed by atoms with Gasteiger partial charge in [0.2, 0.25) is 0 Å². The van der Waals surface area contributed by atoms with Crippen molar-refractivity contribution in [1.29, 1.82) is 0 Å². The zero-order valence-corrected chi connectivity index (χ0v) is 13.1. The van der Waals surface area contributed by atoms with E-state index in [0.717, 1.165) is 11.1 Å². The summed E-state index contributed by atoms with van der Waals surface area (Å²) in [4.78, 5) is 0. The first-order chi connectivity index (χ1) is 9.05. The molecule has 0 bridgehead atoms. The molecule has 20 heavy (non-hydrogen) atoms. The van der Waals surface area contributed by atoms with Gasteiger partial charge in [-0.2, -0.15) is 0 Å². The van der Waals surface area contributed by atoms with Gasteiger partial charge >= 0.3 is 14.2 Å². The minimum absolute atomic E-state index is 0.0643. The van der Waals surface area contributed by atoms with Gasteiger partial charge in [0.25, 0.3) is 0 Å². The van der Waals surface area contributed by atoms with E-state index in [2.05, 4.69) is 0 Å². The van der Waals surface area contributed by atoms with Crippen LogP contribution in [0.15, 0.2) is 12.1 Å². The summed E-state index contributed by atoms with van der Waals surface area (Å²) in [5.41, 5.74) is 2.60. The molecule has 1 rings (SSSR count). The van der Waals surface area contributed by atoms with Gasteiger partial charge in [0, 0.05) is 6.10 Å². The van der Waals surface area contributed by atoms with Crippen LogP contribution >= 0.6 is 0 Å². The monoisotopic (exact) mass is 278 g/mol. The SMILES string of the molecule is Cc1c(B(O)O)ccc(B(O)OC(C)C(C)(C)C)c1C. The molecule has 1 atom stereocenters. The molecule has 4 nitrogen and oxygen atoms in total. The lowest BCUT2D eigenvalue weighted by atomic mass is 9.69. The Morgan fingerprint density at radius 2 is 1.45 bits per heavy atom. The Labute approximate surface area is 122 Å². The minimum Gasteiger partial charge on any atom is -0.423 e. The Hall–Kier alpha value is -0.810. The molecule has 0 amide bonds. The minimum atomic E-state index is -1.51. The lowest BCUT2D eigenvalue weighted by molar-refractivity contribution is 0.0858. The summed E-state index contributed by atoms with van der Waals surface area (Å²) in [5, 5.41) is 28.8. The Balaban J connectivity index is 3.01. The average molecular weight is 278 g/mol. The van der Waals surface area contributed by atoms with Crippen molar-refractivity contribution in [2.24, 2.45) is 5.41 Å². The highest BCUT2D eigenvalue weighted by Crippen LogP contribution is 2.22. The highest BCUT2D eigenvalue weighted by molar-refractivity contribution is 6.62. The first kappa shape index (κ1) is 17.2. The summed E-state index contributed by atoms with van der Waals surface area (Å²) < 4.78 is 5.67. The van der Waals surface area contributed by atoms with Crippen LogP contribution in [-0.2, 0) is 4.65 Å². The van der Waals surface area contributed by atoms with Gasteiger partial charge in [-0.05, 0) is 48.2 Å². The maximum absolute atomic E-state index is 10.2. The van der Waals surface area contributed by atoms with E-state index in [4.69, 9.17) is 4.65 Å². The molecular formula is C14H24B2O4. The topological polar surface area (TPSA) is 69.9 Å². The third-order valence-electron chi connectivity index (χ3n) is 3.97. The van der Waals surface area contributed by atoms with Crippen LogP contribution in [0.3, 0.4) is 0 Å². The van der Waals surface area contributed by atoms with Gasteiger partial charge in [-0.1, -0.05) is 32.9 Å². The molecule has 0 saturated carbocycles. The molecule has 0 radical (unpaired) electrons. The fourth-order valence-corrected chi connectivity index (χ4v) is 1.88. The Morgan fingerprint density at radius 1 is 1.00 bits per heavy atom. The lowest BCUT2D eigenvalue weighted by Gasteiger charge is -2.29. The smallest absolute Gasteiger partial charge is 0.423 e. The molecule has 0 fully saturated rings. The van der Waals surface area contributed by atoms with E-state index in [0.29, 0.717) is 10.9 Å². The van der Waals surface area contributed by atoms with Crippen LogP contribution in [0.25, 0.3) is 0 Å². The van der Waals surface area contributed by atoms with Crippen LogP contribution < -0.4 is 10.9 Å². The molecule has 110 valence electrons. The van der Waals surface area contributed by atoms with Gasteiger partial charge in [-0.15, -0.1) is 0 Å². The lowest BCUT2D eigenvalue weighted by Crippen LogP contribution is -2.44. The van der Waals surface area contributed by atoms with Crippen molar-refractivity contribution in [3.05, 3.63) is 23.3 Å². The standard InChI is InChI=1S/C14H24B2O4/c1-9-10(2)13(8-7-12(9)15(17)18)16(19)20-11(3)14(4,5)6/h7-8,11,17-19H,1-6H3. The number of hydrogen-bond acceptors (Lipinski definition) is 4. The van der Waals surface area contributed by atoms with E-state index in [1.807, 2.05) is 34.6 Å². The van der Waals surface area contributed by atoms with Gasteiger partial charge in [0.15, 0.2) is 0 Å². The number of rotatable bonds is 4. The first-order valence-corrected chi connectivity index (χ1v) is 6.85. The van der Waals surface area contributed by atoms with Crippen molar-refractivity contribution in [2.45, 2.75) is 47.6 Å². The summed E-state index contributed by atoms with van der Waals surface area (Å²) in [6.07, 6.45) is -0.111. The molecule has 0 aliphatic rings. The van der Waals surface area contributed by atoms with Crippen LogP contribution in [0.1, 0.15) is 38.8 Å². The van der Waals surface area contributed by atoms with E-state index < -0.39 is 14.2 Å². The summed E-state index contributed by atoms with van der Waals surface area (Å²) in [6.45, 7) is 11.7. The summed E-state index contributed by atoms with van der Waals surface area (Å²) >= 11 is 0. The number of benzene rings is 1. The molecule has 6 heteroatoms. The second-order valence-corrected chi connectivity index (χ2v) is 6.36. The Bertz CT molecular complexity index is 469. The highest BCUT2D eigenvalue weighted by atomic mass is 16.5. The van der Waals surface area contributed by atoms with E-state index in [-0.39, 0.29) is 11.5 Å². The predicted molar refractivity (Wildman–Crippen MR) is 83.4 cm³/mol. The summed E-state index contributed by atoms with van der Waals surface area (Å²) in [6, 6.07) is 3.29. The van der Waals surface area contributed by atoms with Crippen molar-refractivity contribution in [3.8, 4) is 0 Å². The van der Waals surface area contributed by atoms with Gasteiger partial charge < -0.3 is 19.7 Å². The second-order valence-electron chi connectivity index (χ2n) is 6.36. The van der Waals surface area contributed by atoms with Crippen LogP contribution in [0.4, 0.5) is 0 Å². The van der Waals surface area contributed by atoms with Crippen LogP contribution in [-0.4, -0.2) is 35.4 Å². The molecule has 0 aliphatic heterocycles. The molecule has 0 heterocycles. The van der Waals surface area contributed by atoms with Crippen molar-refractivity contribution in [1.82, 2.24) is 0 Å². The largest absolute Gasteiger partial charge is 0.491 e. The van der Waals surface area contributed by atoms with Crippen molar-refractivity contribution in [2.75, 3.05) is 0 Å². The van der Waals surface area contributed by atoms with E-state index in [1.54, 1.807) is 19.1 Å². The maximum Gasteiger partial charge on any atom is 0.491 e. The molecule has 0 aromatic heterocycles. The first-order valence-electron chi connectivity index (χ1n) is 6.85. The molecule has 1 unspecified atom stereocenters. The van der Waals surface area contributed by atoms with E-state index in [9.17, 15) is 15.1 Å². The summed E-state index contributed by atoms with van der Waals surface area (Å²) in [5.74, 6) is 0. The van der Waals surface area contributed by atoms with E-state index >= 15 is 0 Å². The zero-order chi connectivity index (χ0) is 15.7. The van der Waals surface area contributed by atoms with Gasteiger partial charge in [-0.25, -0.2) is 0 Å². The molecule has 1 aromatic carbocycles. The highest BCUT2D eigenvalue weighted by Gasteiger charge is 2.29. The fourth-order valence-electron chi connectivity index (χ4n) is 1.88. The molecule has 0 saturated heterocycles. The summed E-state index contributed by atoms with van der Waals surface area (Å²) in [7, 11) is -2.53. The molecular weight excluding hydrogens is 254 g/mol. The van der Waals surface area contributed by atoms with Crippen LogP contribution in [0.5, 0.6) is 0 Å². The van der Waals surface area contributed by atoms with Gasteiger partial charge in [0.05, 0.1) is 0 Å². The Morgan fingerprint density at radius 3 is 1.90 bits per heavy atom. The van der Waals surface area contributed by atoms with Crippen molar-refractivity contribution in [3.63, 3.8) is 0 Å². The Kier molecular flexibility index (Phi) is 5.44. The predicted octanol–water partition coefficient (Wildman–Crippen LogP) is 0.122. The molecule has 0 aliphatic carbocycles. The van der Waals surface area contributed by atoms with Gasteiger partial charge in [-0.3, -0.25) is 0 Å². The quantitative estimate of drug-likeness (QED) is 0.684. The molecule has 0 spiro atoms. The second kappa shape index (κ2) is 6.31. The van der Waals surface area contributed by atoms with Crippen LogP contribution in [0, 0.1) is 19.3 Å². The normalized spacial score (nSPS) is 13.2. The van der Waals surface area contributed by atoms with E-state index in [1.165, 1.54) is 0 Å². The van der Waals surface area contributed by atoms with Crippen molar-refractivity contribution < 1.29 is 19.7 Å². The average Bonchev–Trinajstić information content (AvgIpc) is 2.30. The maximum atomic E-state index is 10.2. The van der Waals surface area contributed by atoms with Crippen molar-refractivity contribution >= 4 is 25.2 Å². The molecule has 1 aromatic rings. The number of hydrogen-bond donors (Lipinski definition) is 3. The zero-order valence-electron chi connectivity index (χ0n) is 13.1. The third-order valence-corrected chi connectivity index (χ3v) is 3.97. The molecule has 3 N–H and O–H groups in total. The van der Waals surface area contributed by atoms with Gasteiger partial charge in [0.1, 0.15) is 0 Å². The van der Waals surface area contributed by atoms with Crippen LogP contribution in [0.2, 0.25) is 0 Å². The fraction of sp³-hybridized carbons (Fsp3) is 0.571. The third kappa shape index (κ3) is 3.85.